The molecule has 1 aliphatic rings. The van der Waals surface area contributed by atoms with Gasteiger partial charge in [-0.05, 0) is 95.4 Å². The van der Waals surface area contributed by atoms with E-state index in [0.29, 0.717) is 18.3 Å². The zero-order valence-corrected chi connectivity index (χ0v) is 32.4. The van der Waals surface area contributed by atoms with Crippen molar-refractivity contribution in [3.05, 3.63) is 205 Å². The summed E-state index contributed by atoms with van der Waals surface area (Å²) in [5.41, 5.74) is 12.0. The summed E-state index contributed by atoms with van der Waals surface area (Å²) >= 11 is 0. The molecule has 5 nitrogen and oxygen atoms in total. The summed E-state index contributed by atoms with van der Waals surface area (Å²) in [6.07, 6.45) is 21.1. The summed E-state index contributed by atoms with van der Waals surface area (Å²) in [7, 11) is 0. The second-order valence-electron chi connectivity index (χ2n) is 14.6. The average molecular weight is 751 g/mol. The molecule has 0 spiro atoms. The van der Waals surface area contributed by atoms with Crippen molar-refractivity contribution in [1.82, 2.24) is 4.57 Å². The Hall–Kier alpha value is -7.37. The van der Waals surface area contributed by atoms with Crippen molar-refractivity contribution < 1.29 is 4.42 Å². The van der Waals surface area contributed by atoms with Crippen LogP contribution in [0.5, 0.6) is 0 Å². The SMILES string of the molecule is C=NC(=N\C=C/C=C\C=C\C=NCc1ccc2c(c1)oc1c(-n3c4ccc(C5=CCC(C)C=C5)cc4c4cc(-c5ccccc5)ccc43)cccc12)c1ccccc1. The summed E-state index contributed by atoms with van der Waals surface area (Å²) < 4.78 is 9.14. The van der Waals surface area contributed by atoms with E-state index in [0.717, 1.165) is 56.2 Å². The van der Waals surface area contributed by atoms with Crippen molar-refractivity contribution >= 4 is 68.1 Å². The lowest BCUT2D eigenvalue weighted by Gasteiger charge is -2.12. The molecule has 1 aliphatic carbocycles. The highest BCUT2D eigenvalue weighted by atomic mass is 16.3. The van der Waals surface area contributed by atoms with E-state index in [-0.39, 0.29) is 0 Å². The number of allylic oxidation sites excluding steroid dienone is 9. The van der Waals surface area contributed by atoms with E-state index >= 15 is 0 Å². The highest BCUT2D eigenvalue weighted by Gasteiger charge is 2.19. The van der Waals surface area contributed by atoms with Gasteiger partial charge in [-0.15, -0.1) is 0 Å². The van der Waals surface area contributed by atoms with Crippen LogP contribution in [0.4, 0.5) is 0 Å². The molecule has 9 rings (SSSR count). The molecule has 8 aromatic rings. The van der Waals surface area contributed by atoms with E-state index in [1.165, 1.54) is 33.0 Å². The van der Waals surface area contributed by atoms with Crippen LogP contribution < -0.4 is 0 Å². The quantitative estimate of drug-likeness (QED) is 0.0780. The van der Waals surface area contributed by atoms with Crippen LogP contribution in [0.1, 0.15) is 30.0 Å². The monoisotopic (exact) mass is 750 g/mol. The number of para-hydroxylation sites is 1. The standard InChI is InChI=1S/C53H42N4O/c1-37-21-24-40(25-22-37)43-27-30-49-47(35-43)46-34-42(39-15-8-6-9-16-39)26-29-48(46)57(49)50-20-14-19-45-44-28-23-38(33-51(44)58-52(45)50)36-55-31-12-4-3-5-13-32-56-53(54-2)41-17-10-7-11-18-41/h3-21,23-35,37H,2,22,36H2,1H3/b5-3-,12-4+,32-13-,55-31?,56-53?. The van der Waals surface area contributed by atoms with Crippen LogP contribution in [0.25, 0.3) is 66.1 Å². The molecule has 0 bridgehead atoms. The number of aliphatic imine (C=N–C) groups is 3. The summed E-state index contributed by atoms with van der Waals surface area (Å²) in [5.74, 6) is 1.15. The molecule has 5 heteroatoms. The van der Waals surface area contributed by atoms with Gasteiger partial charge in [0.2, 0.25) is 0 Å². The minimum Gasteiger partial charge on any atom is -0.454 e. The first-order chi connectivity index (χ1) is 28.6. The first-order valence-electron chi connectivity index (χ1n) is 19.7. The molecule has 2 heterocycles. The van der Waals surface area contributed by atoms with Gasteiger partial charge in [-0.25, -0.2) is 9.98 Å². The van der Waals surface area contributed by atoms with Crippen molar-refractivity contribution in [3.8, 4) is 16.8 Å². The van der Waals surface area contributed by atoms with E-state index in [9.17, 15) is 0 Å². The van der Waals surface area contributed by atoms with E-state index in [1.807, 2.05) is 66.9 Å². The number of hydrogen-bond acceptors (Lipinski definition) is 3. The molecular formula is C53H42N4O. The molecule has 0 saturated heterocycles. The molecule has 58 heavy (non-hydrogen) atoms. The Morgan fingerprint density at radius 1 is 0.707 bits per heavy atom. The first kappa shape index (κ1) is 36.3. The van der Waals surface area contributed by atoms with Crippen LogP contribution in [0.3, 0.4) is 0 Å². The van der Waals surface area contributed by atoms with Gasteiger partial charge < -0.3 is 8.98 Å². The third-order valence-corrected chi connectivity index (χ3v) is 10.7. The van der Waals surface area contributed by atoms with Crippen LogP contribution in [0.15, 0.2) is 208 Å². The second kappa shape index (κ2) is 16.4. The van der Waals surface area contributed by atoms with Gasteiger partial charge in [0, 0.05) is 39.5 Å². The molecule has 1 unspecified atom stereocenters. The Morgan fingerprint density at radius 3 is 2.22 bits per heavy atom. The third-order valence-electron chi connectivity index (χ3n) is 10.7. The molecule has 0 amide bonds. The summed E-state index contributed by atoms with van der Waals surface area (Å²) in [5, 5.41) is 4.62. The average Bonchev–Trinajstić information content (AvgIpc) is 3.81. The topological polar surface area (TPSA) is 55.1 Å². The fourth-order valence-electron chi connectivity index (χ4n) is 7.73. The van der Waals surface area contributed by atoms with Gasteiger partial charge in [0.1, 0.15) is 5.58 Å². The van der Waals surface area contributed by atoms with E-state index in [1.54, 1.807) is 6.20 Å². The number of fused-ring (bicyclic) bond motifs is 6. The number of benzene rings is 6. The fraction of sp³-hybridized carbons (Fsp3) is 0.0755. The van der Waals surface area contributed by atoms with Crippen LogP contribution in [-0.4, -0.2) is 23.3 Å². The molecule has 0 saturated carbocycles. The number of rotatable bonds is 10. The predicted molar refractivity (Wildman–Crippen MR) is 247 cm³/mol. The maximum atomic E-state index is 6.77. The van der Waals surface area contributed by atoms with Crippen molar-refractivity contribution in [2.24, 2.45) is 20.9 Å². The molecule has 0 aliphatic heterocycles. The van der Waals surface area contributed by atoms with Gasteiger partial charge in [0.05, 0.1) is 23.3 Å². The molecule has 1 atom stereocenters. The van der Waals surface area contributed by atoms with E-state index in [4.69, 9.17) is 4.42 Å². The van der Waals surface area contributed by atoms with E-state index < -0.39 is 0 Å². The largest absolute Gasteiger partial charge is 0.454 e. The Bertz CT molecular complexity index is 3020. The lowest BCUT2D eigenvalue weighted by molar-refractivity contribution is 0.665. The minimum atomic E-state index is 0.544. The van der Waals surface area contributed by atoms with Crippen molar-refractivity contribution in [3.63, 3.8) is 0 Å². The van der Waals surface area contributed by atoms with Crippen molar-refractivity contribution in [1.29, 1.82) is 0 Å². The number of aromatic nitrogens is 1. The molecule has 2 aromatic heterocycles. The maximum Gasteiger partial charge on any atom is 0.159 e. The Balaban J connectivity index is 0.998. The van der Waals surface area contributed by atoms with Gasteiger partial charge in [-0.1, -0.05) is 140 Å². The Morgan fingerprint density at radius 2 is 1.45 bits per heavy atom. The third kappa shape index (κ3) is 7.34. The van der Waals surface area contributed by atoms with Gasteiger partial charge >= 0.3 is 0 Å². The fourth-order valence-corrected chi connectivity index (χ4v) is 7.73. The predicted octanol–water partition coefficient (Wildman–Crippen LogP) is 13.7. The van der Waals surface area contributed by atoms with Gasteiger partial charge in [-0.2, -0.15) is 0 Å². The molecular weight excluding hydrogens is 709 g/mol. The van der Waals surface area contributed by atoms with Crippen LogP contribution in [0, 0.1) is 5.92 Å². The number of nitrogens with zero attached hydrogens (tertiary/aromatic N) is 4. The number of hydrogen-bond donors (Lipinski definition) is 0. The van der Waals surface area contributed by atoms with E-state index in [2.05, 4.69) is 155 Å². The first-order valence-corrected chi connectivity index (χ1v) is 19.7. The lowest BCUT2D eigenvalue weighted by atomic mass is 9.93. The van der Waals surface area contributed by atoms with Crippen LogP contribution >= 0.6 is 0 Å². The van der Waals surface area contributed by atoms with Gasteiger partial charge in [0.25, 0.3) is 0 Å². The highest BCUT2D eigenvalue weighted by molar-refractivity contribution is 6.14. The Labute approximate surface area is 338 Å². The summed E-state index contributed by atoms with van der Waals surface area (Å²) in [6, 6.07) is 47.0. The molecule has 6 aromatic carbocycles. The summed E-state index contributed by atoms with van der Waals surface area (Å²) in [4.78, 5) is 13.1. The molecule has 0 fully saturated rings. The molecule has 280 valence electrons. The Kier molecular flexibility index (Phi) is 10.3. The highest BCUT2D eigenvalue weighted by Crippen LogP contribution is 2.40. The van der Waals surface area contributed by atoms with Gasteiger partial charge in [-0.3, -0.25) is 4.99 Å². The number of furan rings is 1. The lowest BCUT2D eigenvalue weighted by Crippen LogP contribution is -1.95. The van der Waals surface area contributed by atoms with Crippen LogP contribution in [-0.2, 0) is 6.54 Å². The maximum absolute atomic E-state index is 6.77. The van der Waals surface area contributed by atoms with Crippen molar-refractivity contribution in [2.45, 2.75) is 19.9 Å². The number of amidine groups is 1. The zero-order chi connectivity index (χ0) is 39.3. The minimum absolute atomic E-state index is 0.544. The summed E-state index contributed by atoms with van der Waals surface area (Å²) in [6.45, 7) is 6.44. The molecule has 0 radical (unpaired) electrons. The van der Waals surface area contributed by atoms with Crippen molar-refractivity contribution in [2.75, 3.05) is 0 Å². The smallest absolute Gasteiger partial charge is 0.159 e. The second-order valence-corrected chi connectivity index (χ2v) is 14.6. The van der Waals surface area contributed by atoms with Gasteiger partial charge in [0.15, 0.2) is 11.4 Å². The molecule has 0 N–H and O–H groups in total. The van der Waals surface area contributed by atoms with Crippen LogP contribution in [0.2, 0.25) is 0 Å². The zero-order valence-electron chi connectivity index (χ0n) is 32.4. The normalized spacial score (nSPS) is 15.1.